The summed E-state index contributed by atoms with van der Waals surface area (Å²) in [6.45, 7) is 2.78. The highest BCUT2D eigenvalue weighted by molar-refractivity contribution is 14.0. The molecule has 7 heteroatoms. The lowest BCUT2D eigenvalue weighted by Crippen LogP contribution is -2.44. The van der Waals surface area contributed by atoms with Gasteiger partial charge >= 0.3 is 0 Å². The molecule has 1 heterocycles. The normalized spacial score (nSPS) is 20.8. The van der Waals surface area contributed by atoms with Crippen molar-refractivity contribution in [3.63, 3.8) is 0 Å². The lowest BCUT2D eigenvalue weighted by molar-refractivity contribution is -0.120. The van der Waals surface area contributed by atoms with Gasteiger partial charge in [-0.05, 0) is 24.5 Å². The zero-order valence-corrected chi connectivity index (χ0v) is 14.0. The van der Waals surface area contributed by atoms with Crippen molar-refractivity contribution in [2.75, 3.05) is 13.6 Å². The molecule has 0 saturated heterocycles. The summed E-state index contributed by atoms with van der Waals surface area (Å²) in [6.07, 6.45) is 2.74. The van der Waals surface area contributed by atoms with E-state index < -0.39 is 0 Å². The van der Waals surface area contributed by atoms with E-state index in [1.165, 1.54) is 0 Å². The van der Waals surface area contributed by atoms with Crippen molar-refractivity contribution in [1.29, 1.82) is 0 Å². The molecule has 1 aliphatic rings. The Morgan fingerprint density at radius 3 is 2.80 bits per heavy atom. The number of carbonyl (C=O) groups is 1. The Labute approximate surface area is 135 Å². The van der Waals surface area contributed by atoms with Crippen LogP contribution in [-0.4, -0.2) is 31.5 Å². The molecule has 1 saturated carbocycles. The van der Waals surface area contributed by atoms with Gasteiger partial charge in [-0.1, -0.05) is 6.92 Å². The summed E-state index contributed by atoms with van der Waals surface area (Å²) in [7, 11) is 1.70. The molecule has 2 atom stereocenters. The van der Waals surface area contributed by atoms with Crippen LogP contribution < -0.4 is 16.0 Å². The van der Waals surface area contributed by atoms with E-state index in [2.05, 4.69) is 27.9 Å². The van der Waals surface area contributed by atoms with Crippen LogP contribution in [0.25, 0.3) is 0 Å². The van der Waals surface area contributed by atoms with Gasteiger partial charge < -0.3 is 20.4 Å². The summed E-state index contributed by atoms with van der Waals surface area (Å²) < 4.78 is 5.13. The number of aliphatic imine (C=N–C) groups is 1. The van der Waals surface area contributed by atoms with Crippen molar-refractivity contribution < 1.29 is 9.21 Å². The van der Waals surface area contributed by atoms with Gasteiger partial charge in [0.05, 0.1) is 19.4 Å². The van der Waals surface area contributed by atoms with Crippen LogP contribution in [0.2, 0.25) is 0 Å². The van der Waals surface area contributed by atoms with E-state index in [4.69, 9.17) is 4.42 Å². The molecule has 0 bridgehead atoms. The summed E-state index contributed by atoms with van der Waals surface area (Å²) in [5.41, 5.74) is 0. The van der Waals surface area contributed by atoms with Crippen molar-refractivity contribution in [3.8, 4) is 0 Å². The molecule has 2 rings (SSSR count). The Bertz CT molecular complexity index is 447. The lowest BCUT2D eigenvalue weighted by Gasteiger charge is -2.11. The van der Waals surface area contributed by atoms with Crippen LogP contribution in [0.15, 0.2) is 27.8 Å². The topological polar surface area (TPSA) is 78.7 Å². The van der Waals surface area contributed by atoms with Crippen LogP contribution in [0.5, 0.6) is 0 Å². The van der Waals surface area contributed by atoms with Gasteiger partial charge in [0.1, 0.15) is 5.76 Å². The summed E-state index contributed by atoms with van der Waals surface area (Å²) in [5.74, 6) is 2.00. The molecule has 20 heavy (non-hydrogen) atoms. The Morgan fingerprint density at radius 1 is 1.50 bits per heavy atom. The molecule has 3 N–H and O–H groups in total. The Morgan fingerprint density at radius 2 is 2.25 bits per heavy atom. The minimum atomic E-state index is -0.0943. The van der Waals surface area contributed by atoms with Crippen molar-refractivity contribution in [3.05, 3.63) is 24.2 Å². The van der Waals surface area contributed by atoms with Crippen LogP contribution >= 0.6 is 24.0 Å². The smallest absolute Gasteiger partial charge is 0.239 e. The molecule has 2 unspecified atom stereocenters. The van der Waals surface area contributed by atoms with Crippen molar-refractivity contribution in [1.82, 2.24) is 16.0 Å². The SMILES string of the molecule is CN=C(NCC(=O)NCc1ccco1)NC1CC1C.I. The fraction of sp³-hybridized carbons (Fsp3) is 0.538. The second-order valence-electron chi connectivity index (χ2n) is 4.75. The van der Waals surface area contributed by atoms with Gasteiger partial charge in [0.2, 0.25) is 5.91 Å². The Kier molecular flexibility index (Phi) is 6.83. The largest absolute Gasteiger partial charge is 0.467 e. The number of nitrogens with zero attached hydrogens (tertiary/aromatic N) is 1. The summed E-state index contributed by atoms with van der Waals surface area (Å²) in [5, 5.41) is 9.01. The summed E-state index contributed by atoms with van der Waals surface area (Å²) in [6, 6.07) is 4.10. The molecular weight excluding hydrogens is 371 g/mol. The molecule has 1 fully saturated rings. The molecule has 1 aromatic heterocycles. The number of amides is 1. The van der Waals surface area contributed by atoms with Crippen LogP contribution in [-0.2, 0) is 11.3 Å². The monoisotopic (exact) mass is 392 g/mol. The Balaban J connectivity index is 0.00000200. The molecule has 112 valence electrons. The second-order valence-corrected chi connectivity index (χ2v) is 4.75. The van der Waals surface area contributed by atoms with Gasteiger partial charge in [0, 0.05) is 13.1 Å². The van der Waals surface area contributed by atoms with Gasteiger partial charge in [-0.3, -0.25) is 9.79 Å². The number of rotatable bonds is 5. The summed E-state index contributed by atoms with van der Waals surface area (Å²) >= 11 is 0. The van der Waals surface area contributed by atoms with Gasteiger partial charge in [-0.25, -0.2) is 0 Å². The second kappa shape index (κ2) is 8.13. The maximum atomic E-state index is 11.6. The first kappa shape index (κ1) is 16.8. The zero-order valence-electron chi connectivity index (χ0n) is 11.7. The van der Waals surface area contributed by atoms with E-state index in [0.29, 0.717) is 24.5 Å². The fourth-order valence-corrected chi connectivity index (χ4v) is 1.72. The number of hydrogen-bond acceptors (Lipinski definition) is 3. The average Bonchev–Trinajstić information content (AvgIpc) is 2.90. The molecule has 1 aliphatic carbocycles. The fourth-order valence-electron chi connectivity index (χ4n) is 1.72. The van der Waals surface area contributed by atoms with Crippen LogP contribution in [0.3, 0.4) is 0 Å². The van der Waals surface area contributed by atoms with E-state index >= 15 is 0 Å². The van der Waals surface area contributed by atoms with Crippen LogP contribution in [0.1, 0.15) is 19.1 Å². The average molecular weight is 392 g/mol. The maximum absolute atomic E-state index is 11.6. The molecule has 1 amide bonds. The lowest BCUT2D eigenvalue weighted by atomic mass is 10.4. The first-order chi connectivity index (χ1) is 9.19. The number of furan rings is 1. The number of halogens is 1. The first-order valence-corrected chi connectivity index (χ1v) is 6.45. The third-order valence-corrected chi connectivity index (χ3v) is 3.11. The molecule has 0 radical (unpaired) electrons. The van der Waals surface area contributed by atoms with Gasteiger partial charge in [0.25, 0.3) is 0 Å². The highest BCUT2D eigenvalue weighted by atomic mass is 127. The van der Waals surface area contributed by atoms with E-state index in [9.17, 15) is 4.79 Å². The number of hydrogen-bond donors (Lipinski definition) is 3. The number of carbonyl (C=O) groups excluding carboxylic acids is 1. The third kappa shape index (κ3) is 5.40. The van der Waals surface area contributed by atoms with Crippen molar-refractivity contribution in [2.24, 2.45) is 10.9 Å². The highest BCUT2D eigenvalue weighted by Gasteiger charge is 2.33. The highest BCUT2D eigenvalue weighted by Crippen LogP contribution is 2.28. The minimum Gasteiger partial charge on any atom is -0.467 e. The van der Waals surface area contributed by atoms with E-state index in [1.54, 1.807) is 19.4 Å². The number of nitrogens with one attached hydrogen (secondary N) is 3. The van der Waals surface area contributed by atoms with E-state index in [0.717, 1.165) is 12.2 Å². The Hall–Kier alpha value is -1.25. The predicted molar refractivity (Wildman–Crippen MR) is 88.0 cm³/mol. The molecule has 0 aliphatic heterocycles. The van der Waals surface area contributed by atoms with Crippen LogP contribution in [0, 0.1) is 5.92 Å². The van der Waals surface area contributed by atoms with Gasteiger partial charge in [-0.15, -0.1) is 24.0 Å². The van der Waals surface area contributed by atoms with E-state index in [1.807, 2.05) is 6.07 Å². The summed E-state index contributed by atoms with van der Waals surface area (Å²) in [4.78, 5) is 15.7. The van der Waals surface area contributed by atoms with Gasteiger partial charge in [0.15, 0.2) is 5.96 Å². The predicted octanol–water partition coefficient (Wildman–Crippen LogP) is 1.09. The molecule has 0 spiro atoms. The molecular formula is C13H21IN4O2. The number of guanidine groups is 1. The van der Waals surface area contributed by atoms with Gasteiger partial charge in [-0.2, -0.15) is 0 Å². The maximum Gasteiger partial charge on any atom is 0.239 e. The van der Waals surface area contributed by atoms with E-state index in [-0.39, 0.29) is 36.4 Å². The van der Waals surface area contributed by atoms with Crippen LogP contribution in [0.4, 0.5) is 0 Å². The van der Waals surface area contributed by atoms with Crippen molar-refractivity contribution in [2.45, 2.75) is 25.9 Å². The zero-order chi connectivity index (χ0) is 13.7. The third-order valence-electron chi connectivity index (χ3n) is 3.11. The quantitative estimate of drug-likeness (QED) is 0.398. The molecule has 6 nitrogen and oxygen atoms in total. The minimum absolute atomic E-state index is 0. The standard InChI is InChI=1S/C13H20N4O2.HI/c1-9-6-11(9)17-13(14-2)16-8-12(18)15-7-10-4-3-5-19-10;/h3-5,9,11H,6-8H2,1-2H3,(H,15,18)(H2,14,16,17);1H. The first-order valence-electron chi connectivity index (χ1n) is 6.45. The van der Waals surface area contributed by atoms with Crippen molar-refractivity contribution >= 4 is 35.8 Å². The molecule has 0 aromatic carbocycles. The molecule has 1 aromatic rings.